The van der Waals surface area contributed by atoms with Gasteiger partial charge in [0.05, 0.1) is 6.61 Å². The zero-order valence-electron chi connectivity index (χ0n) is 13.2. The minimum absolute atomic E-state index is 0.111. The third-order valence-electron chi connectivity index (χ3n) is 4.27. The number of likely N-dealkylation sites (tertiary alicyclic amines) is 1. The van der Waals surface area contributed by atoms with Crippen LogP contribution in [0.15, 0.2) is 28.7 Å². The molecular weight excluding hydrogens is 344 g/mol. The van der Waals surface area contributed by atoms with Crippen LogP contribution in [0.2, 0.25) is 0 Å². The summed E-state index contributed by atoms with van der Waals surface area (Å²) in [5.74, 6) is 1.12. The largest absolute Gasteiger partial charge is 0.494 e. The molecule has 1 heterocycles. The fraction of sp³-hybridized carbons (Fsp3) is 0.588. The van der Waals surface area contributed by atoms with Gasteiger partial charge in [-0.1, -0.05) is 22.9 Å². The van der Waals surface area contributed by atoms with Gasteiger partial charge >= 0.3 is 0 Å². The van der Waals surface area contributed by atoms with Crippen LogP contribution in [0, 0.1) is 5.41 Å². The Labute approximate surface area is 141 Å². The molecule has 2 rings (SSSR count). The average molecular weight is 369 g/mol. The van der Waals surface area contributed by atoms with Gasteiger partial charge in [-0.2, -0.15) is 0 Å². The number of ether oxygens (including phenoxy) is 1. The Bertz CT molecular complexity index is 492. The quantitative estimate of drug-likeness (QED) is 0.751. The zero-order chi connectivity index (χ0) is 16.0. The highest BCUT2D eigenvalue weighted by Crippen LogP contribution is 2.29. The maximum Gasteiger partial charge on any atom is 0.222 e. The van der Waals surface area contributed by atoms with E-state index in [-0.39, 0.29) is 11.3 Å². The predicted octanol–water partition coefficient (Wildman–Crippen LogP) is 3.20. The summed E-state index contributed by atoms with van der Waals surface area (Å²) in [5.41, 5.74) is 5.89. The Kier molecular flexibility index (Phi) is 6.26. The van der Waals surface area contributed by atoms with Crippen molar-refractivity contribution in [1.82, 2.24) is 4.90 Å². The summed E-state index contributed by atoms with van der Waals surface area (Å²) >= 11 is 3.39. The van der Waals surface area contributed by atoms with Gasteiger partial charge in [-0.05, 0) is 55.5 Å². The highest BCUT2D eigenvalue weighted by atomic mass is 79.9. The minimum Gasteiger partial charge on any atom is -0.494 e. The lowest BCUT2D eigenvalue weighted by Gasteiger charge is -2.22. The van der Waals surface area contributed by atoms with E-state index in [9.17, 15) is 4.79 Å². The molecule has 1 amide bonds. The van der Waals surface area contributed by atoms with Gasteiger partial charge in [-0.15, -0.1) is 0 Å². The monoisotopic (exact) mass is 368 g/mol. The van der Waals surface area contributed by atoms with Gasteiger partial charge in [0.25, 0.3) is 0 Å². The summed E-state index contributed by atoms with van der Waals surface area (Å²) < 4.78 is 6.70. The van der Waals surface area contributed by atoms with E-state index >= 15 is 0 Å². The Morgan fingerprint density at radius 1 is 1.36 bits per heavy atom. The van der Waals surface area contributed by atoms with Crippen molar-refractivity contribution in [3.63, 3.8) is 0 Å². The molecule has 1 aromatic carbocycles. The molecule has 0 aliphatic carbocycles. The molecule has 1 aliphatic heterocycles. The normalized spacial score (nSPS) is 21.1. The number of rotatable bonds is 7. The van der Waals surface area contributed by atoms with E-state index < -0.39 is 0 Å². The summed E-state index contributed by atoms with van der Waals surface area (Å²) in [4.78, 5) is 14.1. The molecule has 0 bridgehead atoms. The van der Waals surface area contributed by atoms with Crippen LogP contribution in [0.5, 0.6) is 5.75 Å². The lowest BCUT2D eigenvalue weighted by Crippen LogP contribution is -2.34. The lowest BCUT2D eigenvalue weighted by molar-refractivity contribution is -0.130. The molecule has 1 fully saturated rings. The fourth-order valence-corrected chi connectivity index (χ4v) is 2.92. The zero-order valence-corrected chi connectivity index (χ0v) is 14.8. The van der Waals surface area contributed by atoms with Gasteiger partial charge < -0.3 is 15.4 Å². The second-order valence-electron chi connectivity index (χ2n) is 6.34. The van der Waals surface area contributed by atoms with Crippen molar-refractivity contribution < 1.29 is 9.53 Å². The Hall–Kier alpha value is -1.07. The number of nitrogens with two attached hydrogens (primary N) is 1. The molecule has 0 saturated carbocycles. The van der Waals surface area contributed by atoms with E-state index in [1.807, 2.05) is 29.2 Å². The number of carbonyl (C=O) groups excluding carboxylic acids is 1. The van der Waals surface area contributed by atoms with Gasteiger partial charge in [0.2, 0.25) is 5.91 Å². The second-order valence-corrected chi connectivity index (χ2v) is 7.26. The molecule has 122 valence electrons. The Balaban J connectivity index is 1.61. The molecule has 1 aromatic rings. The van der Waals surface area contributed by atoms with Crippen molar-refractivity contribution in [2.24, 2.45) is 11.1 Å². The van der Waals surface area contributed by atoms with E-state index in [2.05, 4.69) is 22.9 Å². The molecule has 1 aliphatic rings. The molecule has 1 atom stereocenters. The first kappa shape index (κ1) is 17.3. The summed E-state index contributed by atoms with van der Waals surface area (Å²) in [5, 5.41) is 0. The van der Waals surface area contributed by atoms with Crippen molar-refractivity contribution in [2.45, 2.75) is 32.6 Å². The number of unbranched alkanes of at least 4 members (excludes halogenated alkanes) is 1. The van der Waals surface area contributed by atoms with Crippen LogP contribution in [-0.2, 0) is 4.79 Å². The van der Waals surface area contributed by atoms with Crippen LogP contribution in [-0.4, -0.2) is 37.0 Å². The van der Waals surface area contributed by atoms with Crippen molar-refractivity contribution >= 4 is 21.8 Å². The number of hydrogen-bond donors (Lipinski definition) is 1. The number of nitrogens with zero attached hydrogens (tertiary/aromatic N) is 1. The first-order valence-electron chi connectivity index (χ1n) is 7.89. The summed E-state index contributed by atoms with van der Waals surface area (Å²) in [6, 6.07) is 7.79. The topological polar surface area (TPSA) is 55.6 Å². The average Bonchev–Trinajstić information content (AvgIpc) is 2.92. The third kappa shape index (κ3) is 4.99. The van der Waals surface area contributed by atoms with Gasteiger partial charge in [-0.3, -0.25) is 4.79 Å². The van der Waals surface area contributed by atoms with E-state index in [1.165, 1.54) is 0 Å². The van der Waals surface area contributed by atoms with Crippen molar-refractivity contribution in [1.29, 1.82) is 0 Å². The summed E-state index contributed by atoms with van der Waals surface area (Å²) in [7, 11) is 0. The van der Waals surface area contributed by atoms with Crippen molar-refractivity contribution in [3.05, 3.63) is 28.7 Å². The summed E-state index contributed by atoms with van der Waals surface area (Å²) in [6.07, 6.45) is 3.38. The standard InChI is InChI=1S/C17H25BrN2O2/c1-17(12-19)9-10-20(13-17)16(21)4-2-3-11-22-15-7-5-14(18)6-8-15/h5-8H,2-4,9-13,19H2,1H3. The van der Waals surface area contributed by atoms with Crippen molar-refractivity contribution in [2.75, 3.05) is 26.2 Å². The Morgan fingerprint density at radius 2 is 2.09 bits per heavy atom. The number of carbonyl (C=O) groups is 1. The third-order valence-corrected chi connectivity index (χ3v) is 4.80. The maximum absolute atomic E-state index is 12.2. The van der Waals surface area contributed by atoms with E-state index in [4.69, 9.17) is 10.5 Å². The highest BCUT2D eigenvalue weighted by Gasteiger charge is 2.34. The molecule has 4 nitrogen and oxygen atoms in total. The van der Waals surface area contributed by atoms with Crippen LogP contribution in [0.4, 0.5) is 0 Å². The van der Waals surface area contributed by atoms with Gasteiger partial charge in [0.1, 0.15) is 5.75 Å². The molecule has 1 saturated heterocycles. The molecule has 5 heteroatoms. The molecule has 0 radical (unpaired) electrons. The van der Waals surface area contributed by atoms with Crippen LogP contribution < -0.4 is 10.5 Å². The molecule has 1 unspecified atom stereocenters. The molecule has 0 spiro atoms. The van der Waals surface area contributed by atoms with Crippen LogP contribution in [0.3, 0.4) is 0 Å². The minimum atomic E-state index is 0.111. The first-order chi connectivity index (χ1) is 10.5. The van der Waals surface area contributed by atoms with Crippen LogP contribution in [0.1, 0.15) is 32.6 Å². The van der Waals surface area contributed by atoms with Crippen molar-refractivity contribution in [3.8, 4) is 5.75 Å². The highest BCUT2D eigenvalue weighted by molar-refractivity contribution is 9.10. The fourth-order valence-electron chi connectivity index (χ4n) is 2.66. The number of halogens is 1. The molecule has 22 heavy (non-hydrogen) atoms. The van der Waals surface area contributed by atoms with Gasteiger partial charge in [0, 0.05) is 24.0 Å². The van der Waals surface area contributed by atoms with Crippen LogP contribution >= 0.6 is 15.9 Å². The SMILES string of the molecule is CC1(CN)CCN(C(=O)CCCCOc2ccc(Br)cc2)C1. The molecule has 0 aromatic heterocycles. The molecule has 2 N–H and O–H groups in total. The smallest absolute Gasteiger partial charge is 0.222 e. The Morgan fingerprint density at radius 3 is 2.73 bits per heavy atom. The maximum atomic E-state index is 12.2. The van der Waals surface area contributed by atoms with Gasteiger partial charge in [-0.25, -0.2) is 0 Å². The second kappa shape index (κ2) is 7.97. The number of benzene rings is 1. The van der Waals surface area contributed by atoms with E-state index in [0.717, 1.165) is 42.6 Å². The predicted molar refractivity (Wildman–Crippen MR) is 91.8 cm³/mol. The number of amides is 1. The lowest BCUT2D eigenvalue weighted by atomic mass is 9.90. The van der Waals surface area contributed by atoms with Gasteiger partial charge in [0.15, 0.2) is 0 Å². The first-order valence-corrected chi connectivity index (χ1v) is 8.68. The van der Waals surface area contributed by atoms with E-state index in [1.54, 1.807) is 0 Å². The van der Waals surface area contributed by atoms with Crippen LogP contribution in [0.25, 0.3) is 0 Å². The van der Waals surface area contributed by atoms with E-state index in [0.29, 0.717) is 19.6 Å². The summed E-state index contributed by atoms with van der Waals surface area (Å²) in [6.45, 7) is 5.11. The number of hydrogen-bond acceptors (Lipinski definition) is 3. The molecular formula is C17H25BrN2O2.